The predicted octanol–water partition coefficient (Wildman–Crippen LogP) is 2.89. The summed E-state index contributed by atoms with van der Waals surface area (Å²) in [5, 5.41) is 3.40. The Morgan fingerprint density at radius 3 is 3.00 bits per heavy atom. The van der Waals surface area contributed by atoms with Gasteiger partial charge in [0.1, 0.15) is 6.26 Å². The van der Waals surface area contributed by atoms with Crippen LogP contribution in [0.1, 0.15) is 25.6 Å². The lowest BCUT2D eigenvalue weighted by molar-refractivity contribution is 0.565. The zero-order valence-corrected chi connectivity index (χ0v) is 10.6. The topological polar surface area (TPSA) is 96.8 Å². The second kappa shape index (κ2) is 5.41. The molecule has 19 heavy (non-hydrogen) atoms. The van der Waals surface area contributed by atoms with Crippen LogP contribution in [0.5, 0.6) is 0 Å². The molecule has 0 spiro atoms. The van der Waals surface area contributed by atoms with E-state index in [0.717, 1.165) is 0 Å². The van der Waals surface area contributed by atoms with E-state index < -0.39 is 0 Å². The highest BCUT2D eigenvalue weighted by atomic mass is 16.3. The molecule has 0 saturated carbocycles. The average Bonchev–Trinajstić information content (AvgIpc) is 2.84. The van der Waals surface area contributed by atoms with Gasteiger partial charge in [0.15, 0.2) is 0 Å². The minimum atomic E-state index is -0.109. The number of aromatic nitrogens is 2. The van der Waals surface area contributed by atoms with Crippen LogP contribution in [0.4, 0.5) is 0 Å². The molecule has 2 rings (SSSR count). The van der Waals surface area contributed by atoms with E-state index in [1.54, 1.807) is 16.8 Å². The average molecular weight is 259 g/mol. The van der Waals surface area contributed by atoms with Crippen molar-refractivity contribution in [1.29, 1.82) is 0 Å². The standard InChI is InChI=1S/C12H13N5O2/c1-8(2)17-4-3-9(5-11(17)18)12-15-10(7-19-12)6-14-16-13/h3-5,7-8H,6H2,1-2H3. The molecule has 0 atom stereocenters. The van der Waals surface area contributed by atoms with Gasteiger partial charge in [-0.25, -0.2) is 4.98 Å². The van der Waals surface area contributed by atoms with Crippen LogP contribution in [-0.4, -0.2) is 9.55 Å². The number of hydrogen-bond donors (Lipinski definition) is 0. The Bertz CT molecular complexity index is 679. The van der Waals surface area contributed by atoms with Crippen LogP contribution in [0.15, 0.2) is 38.9 Å². The second-order valence-corrected chi connectivity index (χ2v) is 4.29. The highest BCUT2D eigenvalue weighted by molar-refractivity contribution is 5.51. The first-order valence-electron chi connectivity index (χ1n) is 5.79. The van der Waals surface area contributed by atoms with E-state index in [9.17, 15) is 4.79 Å². The highest BCUT2D eigenvalue weighted by Gasteiger charge is 2.09. The summed E-state index contributed by atoms with van der Waals surface area (Å²) in [5.41, 5.74) is 9.25. The largest absolute Gasteiger partial charge is 0.444 e. The lowest BCUT2D eigenvalue weighted by Gasteiger charge is -2.08. The van der Waals surface area contributed by atoms with Gasteiger partial charge in [0.25, 0.3) is 5.56 Å². The van der Waals surface area contributed by atoms with Gasteiger partial charge in [-0.1, -0.05) is 5.11 Å². The fourth-order valence-electron chi connectivity index (χ4n) is 1.67. The molecule has 98 valence electrons. The molecule has 2 heterocycles. The smallest absolute Gasteiger partial charge is 0.251 e. The van der Waals surface area contributed by atoms with Crippen molar-refractivity contribution in [2.24, 2.45) is 5.11 Å². The van der Waals surface area contributed by atoms with Crippen LogP contribution >= 0.6 is 0 Å². The van der Waals surface area contributed by atoms with Crippen molar-refractivity contribution >= 4 is 0 Å². The first kappa shape index (κ1) is 12.9. The number of azide groups is 1. The number of oxazole rings is 1. The molecule has 0 bridgehead atoms. The summed E-state index contributed by atoms with van der Waals surface area (Å²) < 4.78 is 6.88. The number of nitrogens with zero attached hydrogens (tertiary/aromatic N) is 5. The second-order valence-electron chi connectivity index (χ2n) is 4.29. The molecular weight excluding hydrogens is 246 g/mol. The molecule has 0 aliphatic rings. The predicted molar refractivity (Wildman–Crippen MR) is 69.4 cm³/mol. The summed E-state index contributed by atoms with van der Waals surface area (Å²) in [7, 11) is 0. The SMILES string of the molecule is CC(C)n1ccc(-c2nc(CN=[N+]=[N-])co2)cc1=O. The maximum Gasteiger partial charge on any atom is 0.251 e. The van der Waals surface area contributed by atoms with E-state index in [2.05, 4.69) is 15.0 Å². The molecule has 0 unspecified atom stereocenters. The quantitative estimate of drug-likeness (QED) is 0.479. The molecule has 0 aliphatic carbocycles. The first-order valence-corrected chi connectivity index (χ1v) is 5.79. The van der Waals surface area contributed by atoms with Crippen molar-refractivity contribution < 1.29 is 4.42 Å². The fourth-order valence-corrected chi connectivity index (χ4v) is 1.67. The van der Waals surface area contributed by atoms with E-state index in [1.165, 1.54) is 12.3 Å². The van der Waals surface area contributed by atoms with Gasteiger partial charge in [-0.05, 0) is 25.4 Å². The van der Waals surface area contributed by atoms with Gasteiger partial charge in [-0.3, -0.25) is 4.79 Å². The van der Waals surface area contributed by atoms with Crippen molar-refractivity contribution in [3.63, 3.8) is 0 Å². The van der Waals surface area contributed by atoms with E-state index in [0.29, 0.717) is 17.1 Å². The highest BCUT2D eigenvalue weighted by Crippen LogP contribution is 2.17. The normalized spacial score (nSPS) is 10.5. The number of hydrogen-bond acceptors (Lipinski definition) is 4. The molecule has 0 fully saturated rings. The summed E-state index contributed by atoms with van der Waals surface area (Å²) in [6.45, 7) is 4.00. The summed E-state index contributed by atoms with van der Waals surface area (Å²) in [6.07, 6.45) is 3.12. The molecule has 2 aromatic heterocycles. The lowest BCUT2D eigenvalue weighted by Crippen LogP contribution is -2.20. The summed E-state index contributed by atoms with van der Waals surface area (Å²) in [5.74, 6) is 0.344. The van der Waals surface area contributed by atoms with Crippen LogP contribution in [0.25, 0.3) is 21.9 Å². The Kier molecular flexibility index (Phi) is 3.68. The minimum Gasteiger partial charge on any atom is -0.444 e. The summed E-state index contributed by atoms with van der Waals surface area (Å²) in [4.78, 5) is 18.7. The first-order chi connectivity index (χ1) is 9.11. The zero-order chi connectivity index (χ0) is 13.8. The van der Waals surface area contributed by atoms with Gasteiger partial charge in [0.2, 0.25) is 5.89 Å². The third-order valence-corrected chi connectivity index (χ3v) is 2.60. The molecule has 0 aliphatic heterocycles. The van der Waals surface area contributed by atoms with Gasteiger partial charge in [-0.15, -0.1) is 0 Å². The summed E-state index contributed by atoms with van der Waals surface area (Å²) >= 11 is 0. The Labute approximate surface area is 109 Å². The van der Waals surface area contributed by atoms with Gasteiger partial charge < -0.3 is 8.98 Å². The van der Waals surface area contributed by atoms with E-state index in [4.69, 9.17) is 9.95 Å². The van der Waals surface area contributed by atoms with Crippen molar-refractivity contribution in [3.05, 3.63) is 51.1 Å². The van der Waals surface area contributed by atoms with Gasteiger partial charge >= 0.3 is 0 Å². The number of pyridine rings is 1. The van der Waals surface area contributed by atoms with Gasteiger partial charge in [-0.2, -0.15) is 0 Å². The monoisotopic (exact) mass is 259 g/mol. The maximum absolute atomic E-state index is 11.9. The molecule has 0 aromatic carbocycles. The van der Waals surface area contributed by atoms with E-state index in [1.807, 2.05) is 13.8 Å². The third kappa shape index (κ3) is 2.83. The van der Waals surface area contributed by atoms with E-state index in [-0.39, 0.29) is 18.1 Å². The van der Waals surface area contributed by atoms with Crippen LogP contribution in [0.2, 0.25) is 0 Å². The Hall–Kier alpha value is -2.53. The Morgan fingerprint density at radius 1 is 1.58 bits per heavy atom. The minimum absolute atomic E-state index is 0.103. The molecule has 0 saturated heterocycles. The molecule has 0 radical (unpaired) electrons. The Balaban J connectivity index is 2.32. The molecule has 0 N–H and O–H groups in total. The number of rotatable bonds is 4. The van der Waals surface area contributed by atoms with Gasteiger partial charge in [0.05, 0.1) is 12.2 Å². The van der Waals surface area contributed by atoms with E-state index >= 15 is 0 Å². The van der Waals surface area contributed by atoms with Crippen molar-refractivity contribution in [1.82, 2.24) is 9.55 Å². The zero-order valence-electron chi connectivity index (χ0n) is 10.6. The molecule has 2 aromatic rings. The fraction of sp³-hybridized carbons (Fsp3) is 0.333. The summed E-state index contributed by atoms with van der Waals surface area (Å²) in [6, 6.07) is 3.35. The van der Waals surface area contributed by atoms with Gasteiger partial charge in [0, 0.05) is 28.8 Å². The van der Waals surface area contributed by atoms with Crippen LogP contribution in [0.3, 0.4) is 0 Å². The van der Waals surface area contributed by atoms with Crippen molar-refractivity contribution in [3.8, 4) is 11.5 Å². The van der Waals surface area contributed by atoms with Crippen LogP contribution < -0.4 is 5.56 Å². The molecule has 7 heteroatoms. The van der Waals surface area contributed by atoms with Crippen LogP contribution in [-0.2, 0) is 6.54 Å². The molecule has 0 amide bonds. The maximum atomic E-state index is 11.9. The molecule has 7 nitrogen and oxygen atoms in total. The third-order valence-electron chi connectivity index (χ3n) is 2.60. The molecular formula is C12H13N5O2. The van der Waals surface area contributed by atoms with Crippen molar-refractivity contribution in [2.75, 3.05) is 0 Å². The Morgan fingerprint density at radius 2 is 2.37 bits per heavy atom. The lowest BCUT2D eigenvalue weighted by atomic mass is 10.2. The van der Waals surface area contributed by atoms with Crippen LogP contribution in [0, 0.1) is 0 Å². The van der Waals surface area contributed by atoms with Crippen molar-refractivity contribution in [2.45, 2.75) is 26.4 Å².